The van der Waals surface area contributed by atoms with Crippen molar-refractivity contribution >= 4 is 15.7 Å². The van der Waals surface area contributed by atoms with Gasteiger partial charge in [-0.05, 0) is 19.1 Å². The molecule has 0 atom stereocenters. The lowest BCUT2D eigenvalue weighted by Crippen LogP contribution is -2.33. The van der Waals surface area contributed by atoms with E-state index in [-0.39, 0.29) is 5.92 Å². The van der Waals surface area contributed by atoms with Gasteiger partial charge in [0.05, 0.1) is 15.7 Å². The number of aromatic nitrogens is 1. The molecule has 1 aromatic rings. The Kier molecular flexibility index (Phi) is 2.84. The maximum absolute atomic E-state index is 6.00. The van der Waals surface area contributed by atoms with Gasteiger partial charge in [0.25, 0.3) is 0 Å². The standard InChI is InChI=1S/C10H13B2N/c1-7(2)10(11,12)9-4-5-13-8(3)6-9/h4-7H,1-3H3. The Morgan fingerprint density at radius 3 is 2.46 bits per heavy atom. The average molecular weight is 169 g/mol. The molecule has 0 fully saturated rings. The highest BCUT2D eigenvalue weighted by atomic mass is 14.6. The topological polar surface area (TPSA) is 12.9 Å². The molecular formula is C10H13B2N. The first-order chi connectivity index (χ1) is 5.94. The van der Waals surface area contributed by atoms with E-state index in [1.807, 2.05) is 32.9 Å². The van der Waals surface area contributed by atoms with E-state index in [1.54, 1.807) is 6.20 Å². The smallest absolute Gasteiger partial charge is 0.0686 e. The molecule has 0 unspecified atom stereocenters. The molecule has 0 bridgehead atoms. The van der Waals surface area contributed by atoms with E-state index >= 15 is 0 Å². The van der Waals surface area contributed by atoms with Crippen LogP contribution in [0.4, 0.5) is 0 Å². The molecule has 1 heterocycles. The second-order valence-electron chi connectivity index (χ2n) is 3.77. The molecule has 0 aliphatic rings. The Labute approximate surface area is 82.8 Å². The Balaban J connectivity index is 3.07. The molecule has 0 spiro atoms. The van der Waals surface area contributed by atoms with Gasteiger partial charge in [0.1, 0.15) is 0 Å². The largest absolute Gasteiger partial charge is 0.262 e. The molecule has 1 aromatic heterocycles. The number of aryl methyl sites for hydroxylation is 1. The van der Waals surface area contributed by atoms with Crippen molar-refractivity contribution in [1.82, 2.24) is 4.98 Å². The fourth-order valence-corrected chi connectivity index (χ4v) is 1.15. The van der Waals surface area contributed by atoms with E-state index in [2.05, 4.69) is 4.98 Å². The zero-order valence-corrected chi connectivity index (χ0v) is 8.41. The average Bonchev–Trinajstić information content (AvgIpc) is 2.04. The van der Waals surface area contributed by atoms with Crippen molar-refractivity contribution in [3.63, 3.8) is 0 Å². The molecule has 0 amide bonds. The molecule has 4 radical (unpaired) electrons. The van der Waals surface area contributed by atoms with Gasteiger partial charge in [0.15, 0.2) is 0 Å². The highest BCUT2D eigenvalue weighted by molar-refractivity contribution is 6.40. The summed E-state index contributed by atoms with van der Waals surface area (Å²) in [5.74, 6) is 0.203. The van der Waals surface area contributed by atoms with Crippen molar-refractivity contribution < 1.29 is 0 Å². The summed E-state index contributed by atoms with van der Waals surface area (Å²) in [4.78, 5) is 4.10. The molecule has 0 N–H and O–H groups in total. The summed E-state index contributed by atoms with van der Waals surface area (Å²) in [7, 11) is 12.0. The minimum absolute atomic E-state index is 0.203. The predicted molar refractivity (Wildman–Crippen MR) is 57.0 cm³/mol. The van der Waals surface area contributed by atoms with Crippen LogP contribution >= 0.6 is 0 Å². The summed E-state index contributed by atoms with van der Waals surface area (Å²) in [6, 6.07) is 3.80. The Morgan fingerprint density at radius 1 is 1.38 bits per heavy atom. The molecule has 64 valence electrons. The molecule has 13 heavy (non-hydrogen) atoms. The predicted octanol–water partition coefficient (Wildman–Crippen LogP) is 1.54. The summed E-state index contributed by atoms with van der Waals surface area (Å²) in [5, 5.41) is -0.756. The zero-order chi connectivity index (χ0) is 10.1. The minimum atomic E-state index is -0.756. The van der Waals surface area contributed by atoms with Gasteiger partial charge in [-0.25, -0.2) is 0 Å². The fraction of sp³-hybridized carbons (Fsp3) is 0.500. The van der Waals surface area contributed by atoms with E-state index in [4.69, 9.17) is 15.7 Å². The third-order valence-electron chi connectivity index (χ3n) is 2.35. The van der Waals surface area contributed by atoms with Crippen LogP contribution in [0.15, 0.2) is 18.3 Å². The molecule has 3 heteroatoms. The van der Waals surface area contributed by atoms with Crippen LogP contribution in [-0.4, -0.2) is 20.7 Å². The van der Waals surface area contributed by atoms with E-state index in [0.29, 0.717) is 0 Å². The van der Waals surface area contributed by atoms with Crippen LogP contribution < -0.4 is 0 Å². The lowest BCUT2D eigenvalue weighted by atomic mass is 9.46. The zero-order valence-electron chi connectivity index (χ0n) is 8.41. The first-order valence-electron chi connectivity index (χ1n) is 4.45. The number of nitrogens with zero attached hydrogens (tertiary/aromatic N) is 1. The van der Waals surface area contributed by atoms with E-state index in [0.717, 1.165) is 11.3 Å². The summed E-state index contributed by atoms with van der Waals surface area (Å²) < 4.78 is 0. The molecule has 0 aromatic carbocycles. The van der Waals surface area contributed by atoms with Crippen molar-refractivity contribution in [3.05, 3.63) is 29.6 Å². The van der Waals surface area contributed by atoms with Crippen LogP contribution in [0.5, 0.6) is 0 Å². The third kappa shape index (κ3) is 2.15. The maximum atomic E-state index is 6.00. The molecular weight excluding hydrogens is 156 g/mol. The normalized spacial score (nSPS) is 12.0. The van der Waals surface area contributed by atoms with Crippen LogP contribution in [0.1, 0.15) is 25.1 Å². The van der Waals surface area contributed by atoms with Gasteiger partial charge in [0.2, 0.25) is 0 Å². The minimum Gasteiger partial charge on any atom is -0.262 e. The third-order valence-corrected chi connectivity index (χ3v) is 2.35. The number of hydrogen-bond acceptors (Lipinski definition) is 1. The van der Waals surface area contributed by atoms with Gasteiger partial charge in [-0.3, -0.25) is 4.98 Å². The molecule has 1 rings (SSSR count). The van der Waals surface area contributed by atoms with Gasteiger partial charge in [-0.1, -0.05) is 30.5 Å². The van der Waals surface area contributed by atoms with Gasteiger partial charge >= 0.3 is 0 Å². The Bertz CT molecular complexity index is 295. The first-order valence-corrected chi connectivity index (χ1v) is 4.45. The van der Waals surface area contributed by atoms with Crippen LogP contribution in [0, 0.1) is 12.8 Å². The van der Waals surface area contributed by atoms with Gasteiger partial charge in [-0.15, -0.1) is 0 Å². The SMILES string of the molecule is [B]C([B])(c1ccnc(C)c1)C(C)C. The van der Waals surface area contributed by atoms with Crippen LogP contribution in [0.25, 0.3) is 0 Å². The summed E-state index contributed by atoms with van der Waals surface area (Å²) in [6.45, 7) is 5.95. The Morgan fingerprint density at radius 2 is 2.00 bits per heavy atom. The van der Waals surface area contributed by atoms with E-state index in [9.17, 15) is 0 Å². The van der Waals surface area contributed by atoms with Gasteiger partial charge in [-0.2, -0.15) is 0 Å². The van der Waals surface area contributed by atoms with Crippen molar-refractivity contribution in [2.45, 2.75) is 26.0 Å². The summed E-state index contributed by atoms with van der Waals surface area (Å²) in [5.41, 5.74) is 1.88. The van der Waals surface area contributed by atoms with Gasteiger partial charge < -0.3 is 0 Å². The lowest BCUT2D eigenvalue weighted by molar-refractivity contribution is 0.569. The highest BCUT2D eigenvalue weighted by Gasteiger charge is 2.23. The molecule has 1 nitrogen and oxygen atoms in total. The first kappa shape index (κ1) is 10.4. The monoisotopic (exact) mass is 169 g/mol. The molecule has 0 saturated heterocycles. The number of rotatable bonds is 2. The number of hydrogen-bond donors (Lipinski definition) is 0. The van der Waals surface area contributed by atoms with Gasteiger partial charge in [0, 0.05) is 11.9 Å². The lowest BCUT2D eigenvalue weighted by Gasteiger charge is -2.31. The number of pyridine rings is 1. The van der Waals surface area contributed by atoms with Crippen LogP contribution in [-0.2, 0) is 5.21 Å². The molecule has 0 aliphatic carbocycles. The fourth-order valence-electron chi connectivity index (χ4n) is 1.15. The van der Waals surface area contributed by atoms with Crippen molar-refractivity contribution in [3.8, 4) is 0 Å². The maximum Gasteiger partial charge on any atom is 0.0686 e. The molecule has 0 aliphatic heterocycles. The summed E-state index contributed by atoms with van der Waals surface area (Å²) >= 11 is 0. The summed E-state index contributed by atoms with van der Waals surface area (Å²) in [6.07, 6.45) is 1.74. The van der Waals surface area contributed by atoms with E-state index in [1.165, 1.54) is 0 Å². The second kappa shape index (κ2) is 3.57. The molecule has 0 saturated carbocycles. The van der Waals surface area contributed by atoms with Crippen molar-refractivity contribution in [2.75, 3.05) is 0 Å². The van der Waals surface area contributed by atoms with Crippen LogP contribution in [0.2, 0.25) is 0 Å². The van der Waals surface area contributed by atoms with Crippen molar-refractivity contribution in [2.24, 2.45) is 5.92 Å². The quantitative estimate of drug-likeness (QED) is 0.611. The highest BCUT2D eigenvalue weighted by Crippen LogP contribution is 2.25. The second-order valence-corrected chi connectivity index (χ2v) is 3.77. The Hall–Kier alpha value is -0.720. The van der Waals surface area contributed by atoms with Crippen molar-refractivity contribution in [1.29, 1.82) is 0 Å². The van der Waals surface area contributed by atoms with E-state index < -0.39 is 5.21 Å². The van der Waals surface area contributed by atoms with Crippen LogP contribution in [0.3, 0.4) is 0 Å².